The van der Waals surface area contributed by atoms with E-state index >= 15 is 0 Å². The number of rotatable bonds is 6. The van der Waals surface area contributed by atoms with Gasteiger partial charge in [-0.05, 0) is 38.4 Å². The Bertz CT molecular complexity index is 318. The fourth-order valence-electron chi connectivity index (χ4n) is 1.75. The van der Waals surface area contributed by atoms with Crippen LogP contribution in [-0.4, -0.2) is 28.0 Å². The van der Waals surface area contributed by atoms with Crippen LogP contribution < -0.4 is 5.32 Å². The molecule has 0 aromatic carbocycles. The Morgan fingerprint density at radius 1 is 1.56 bits per heavy atom. The van der Waals surface area contributed by atoms with Gasteiger partial charge in [-0.3, -0.25) is 4.68 Å². The Kier molecular flexibility index (Phi) is 4.50. The first-order valence-corrected chi connectivity index (χ1v) is 5.85. The summed E-state index contributed by atoms with van der Waals surface area (Å²) in [7, 11) is 1.85. The van der Waals surface area contributed by atoms with Crippen molar-refractivity contribution in [2.24, 2.45) is 13.0 Å². The second-order valence-electron chi connectivity index (χ2n) is 4.96. The molecule has 1 rings (SSSR count). The van der Waals surface area contributed by atoms with Crippen LogP contribution in [0, 0.1) is 5.92 Å². The topological polar surface area (TPSA) is 50.1 Å². The largest absolute Gasteiger partial charge is 0.384 e. The molecule has 0 amide bonds. The van der Waals surface area contributed by atoms with Crippen molar-refractivity contribution in [1.82, 2.24) is 15.1 Å². The van der Waals surface area contributed by atoms with Gasteiger partial charge in [-0.25, -0.2) is 0 Å². The molecular formula is C12H23N3O. The molecule has 1 atom stereocenters. The predicted octanol–water partition coefficient (Wildman–Crippen LogP) is 1.26. The average Bonchev–Trinajstić information content (AvgIpc) is 2.59. The fraction of sp³-hybridized carbons (Fsp3) is 0.750. The average molecular weight is 225 g/mol. The van der Waals surface area contributed by atoms with Crippen molar-refractivity contribution in [3.63, 3.8) is 0 Å². The first kappa shape index (κ1) is 13.2. The molecule has 4 heteroatoms. The molecule has 0 fully saturated rings. The summed E-state index contributed by atoms with van der Waals surface area (Å²) in [6.07, 6.45) is 2.41. The lowest BCUT2D eigenvalue weighted by Gasteiger charge is -2.23. The third-order valence-corrected chi connectivity index (χ3v) is 2.71. The Morgan fingerprint density at radius 2 is 2.25 bits per heavy atom. The van der Waals surface area contributed by atoms with E-state index in [1.807, 2.05) is 20.0 Å². The maximum Gasteiger partial charge on any atom is 0.105 e. The quantitative estimate of drug-likeness (QED) is 0.717. The zero-order chi connectivity index (χ0) is 12.2. The van der Waals surface area contributed by atoms with E-state index in [0.717, 1.165) is 18.8 Å². The van der Waals surface area contributed by atoms with Crippen molar-refractivity contribution in [3.05, 3.63) is 18.0 Å². The number of aromatic nitrogens is 2. The van der Waals surface area contributed by atoms with Crippen molar-refractivity contribution in [2.75, 3.05) is 13.1 Å². The summed E-state index contributed by atoms with van der Waals surface area (Å²) in [6.45, 7) is 7.98. The van der Waals surface area contributed by atoms with Gasteiger partial charge in [0.2, 0.25) is 0 Å². The number of aryl methyl sites for hydroxylation is 1. The zero-order valence-electron chi connectivity index (χ0n) is 10.7. The van der Waals surface area contributed by atoms with E-state index in [9.17, 15) is 5.11 Å². The SMILES string of the molecule is CC(C)CNCCC(C)(O)c1ccnn1C. The van der Waals surface area contributed by atoms with E-state index in [4.69, 9.17) is 0 Å². The highest BCUT2D eigenvalue weighted by Crippen LogP contribution is 2.22. The normalized spacial score (nSPS) is 15.4. The minimum Gasteiger partial charge on any atom is -0.384 e. The molecule has 0 spiro atoms. The second-order valence-corrected chi connectivity index (χ2v) is 4.96. The van der Waals surface area contributed by atoms with E-state index in [0.29, 0.717) is 12.3 Å². The van der Waals surface area contributed by atoms with Gasteiger partial charge >= 0.3 is 0 Å². The monoisotopic (exact) mass is 225 g/mol. The molecule has 0 aliphatic rings. The number of hydrogen-bond donors (Lipinski definition) is 2. The first-order valence-electron chi connectivity index (χ1n) is 5.85. The summed E-state index contributed by atoms with van der Waals surface area (Å²) in [4.78, 5) is 0. The molecule has 1 aromatic heterocycles. The third kappa shape index (κ3) is 3.61. The lowest BCUT2D eigenvalue weighted by atomic mass is 9.98. The lowest BCUT2D eigenvalue weighted by Crippen LogP contribution is -2.31. The van der Waals surface area contributed by atoms with E-state index in [1.54, 1.807) is 10.9 Å². The van der Waals surface area contributed by atoms with Crippen LogP contribution in [0.4, 0.5) is 0 Å². The molecule has 0 bridgehead atoms. The van der Waals surface area contributed by atoms with Crippen LogP contribution in [0.15, 0.2) is 12.3 Å². The van der Waals surface area contributed by atoms with Gasteiger partial charge in [0.05, 0.1) is 5.69 Å². The fourth-order valence-corrected chi connectivity index (χ4v) is 1.75. The first-order chi connectivity index (χ1) is 7.43. The molecule has 0 aliphatic carbocycles. The Balaban J connectivity index is 2.43. The maximum atomic E-state index is 10.3. The summed E-state index contributed by atoms with van der Waals surface area (Å²) in [5, 5.41) is 17.7. The number of hydrogen-bond acceptors (Lipinski definition) is 3. The molecule has 1 heterocycles. The molecular weight excluding hydrogens is 202 g/mol. The van der Waals surface area contributed by atoms with Gasteiger partial charge < -0.3 is 10.4 Å². The molecule has 92 valence electrons. The summed E-state index contributed by atoms with van der Waals surface area (Å²) in [5.74, 6) is 0.640. The van der Waals surface area contributed by atoms with E-state index in [1.165, 1.54) is 0 Å². The summed E-state index contributed by atoms with van der Waals surface area (Å²) >= 11 is 0. The molecule has 0 saturated carbocycles. The standard InChI is InChI=1S/C12H23N3O/c1-10(2)9-13-8-6-12(3,16)11-5-7-14-15(11)4/h5,7,10,13,16H,6,8-9H2,1-4H3. The van der Waals surface area contributed by atoms with Crippen LogP contribution in [0.3, 0.4) is 0 Å². The highest BCUT2D eigenvalue weighted by Gasteiger charge is 2.25. The molecule has 2 N–H and O–H groups in total. The smallest absolute Gasteiger partial charge is 0.105 e. The van der Waals surface area contributed by atoms with Crippen molar-refractivity contribution >= 4 is 0 Å². The van der Waals surface area contributed by atoms with Crippen LogP contribution in [0.25, 0.3) is 0 Å². The molecule has 4 nitrogen and oxygen atoms in total. The van der Waals surface area contributed by atoms with Crippen LogP contribution in [0.5, 0.6) is 0 Å². The zero-order valence-corrected chi connectivity index (χ0v) is 10.7. The minimum absolute atomic E-state index is 0.640. The molecule has 0 radical (unpaired) electrons. The minimum atomic E-state index is -0.810. The van der Waals surface area contributed by atoms with Crippen molar-refractivity contribution < 1.29 is 5.11 Å². The maximum absolute atomic E-state index is 10.3. The van der Waals surface area contributed by atoms with Gasteiger partial charge in [0, 0.05) is 13.2 Å². The molecule has 1 unspecified atom stereocenters. The van der Waals surface area contributed by atoms with Gasteiger partial charge in [-0.2, -0.15) is 5.10 Å². The van der Waals surface area contributed by atoms with Gasteiger partial charge in [-0.1, -0.05) is 13.8 Å². The second kappa shape index (κ2) is 5.46. The Hall–Kier alpha value is -0.870. The Labute approximate surface area is 97.7 Å². The molecule has 0 aliphatic heterocycles. The molecule has 1 aromatic rings. The van der Waals surface area contributed by atoms with Crippen molar-refractivity contribution in [3.8, 4) is 0 Å². The van der Waals surface area contributed by atoms with E-state index in [2.05, 4.69) is 24.3 Å². The van der Waals surface area contributed by atoms with Gasteiger partial charge in [0.15, 0.2) is 0 Å². The van der Waals surface area contributed by atoms with Crippen LogP contribution in [-0.2, 0) is 12.6 Å². The highest BCUT2D eigenvalue weighted by atomic mass is 16.3. The van der Waals surface area contributed by atoms with Crippen molar-refractivity contribution in [1.29, 1.82) is 0 Å². The Morgan fingerprint density at radius 3 is 2.75 bits per heavy atom. The van der Waals surface area contributed by atoms with Crippen molar-refractivity contribution in [2.45, 2.75) is 32.8 Å². The van der Waals surface area contributed by atoms with Gasteiger partial charge in [0.1, 0.15) is 5.60 Å². The van der Waals surface area contributed by atoms with Gasteiger partial charge in [0.25, 0.3) is 0 Å². The van der Waals surface area contributed by atoms with Gasteiger partial charge in [-0.15, -0.1) is 0 Å². The lowest BCUT2D eigenvalue weighted by molar-refractivity contribution is 0.0395. The summed E-state index contributed by atoms with van der Waals surface area (Å²) in [5.41, 5.74) is 0.0498. The van der Waals surface area contributed by atoms with E-state index in [-0.39, 0.29) is 0 Å². The highest BCUT2D eigenvalue weighted by molar-refractivity contribution is 5.10. The van der Waals surface area contributed by atoms with Crippen LogP contribution in [0.2, 0.25) is 0 Å². The predicted molar refractivity (Wildman–Crippen MR) is 65.1 cm³/mol. The van der Waals surface area contributed by atoms with Crippen LogP contribution >= 0.6 is 0 Å². The van der Waals surface area contributed by atoms with Crippen LogP contribution in [0.1, 0.15) is 32.9 Å². The number of nitrogens with one attached hydrogen (secondary N) is 1. The number of nitrogens with zero attached hydrogens (tertiary/aromatic N) is 2. The summed E-state index contributed by atoms with van der Waals surface area (Å²) in [6, 6.07) is 1.86. The van der Waals surface area contributed by atoms with E-state index < -0.39 is 5.60 Å². The molecule has 0 saturated heterocycles. The number of aliphatic hydroxyl groups is 1. The summed E-state index contributed by atoms with van der Waals surface area (Å²) < 4.78 is 1.72. The third-order valence-electron chi connectivity index (χ3n) is 2.71. The molecule has 16 heavy (non-hydrogen) atoms.